The van der Waals surface area contributed by atoms with Gasteiger partial charge in [-0.1, -0.05) is 0 Å². The lowest BCUT2D eigenvalue weighted by molar-refractivity contribution is -0.136. The fourth-order valence-corrected chi connectivity index (χ4v) is 1.08. The van der Waals surface area contributed by atoms with E-state index >= 15 is 0 Å². The summed E-state index contributed by atoms with van der Waals surface area (Å²) in [4.78, 5) is 21.8. The van der Waals surface area contributed by atoms with E-state index in [4.69, 9.17) is 9.84 Å². The number of nitrogens with one attached hydrogen (secondary N) is 1. The highest BCUT2D eigenvalue weighted by atomic mass is 16.6. The average Bonchev–Trinajstić information content (AvgIpc) is 2.17. The molecule has 0 aromatic carbocycles. The highest BCUT2D eigenvalue weighted by Crippen LogP contribution is 2.09. The minimum absolute atomic E-state index is 0.207. The average molecular weight is 253 g/mol. The third kappa shape index (κ3) is 5.24. The quantitative estimate of drug-likeness (QED) is 0.845. The number of ether oxygens (including phenoxy) is 1. The minimum Gasteiger partial charge on any atom is -0.481 e. The molecule has 7 heteroatoms. The van der Waals surface area contributed by atoms with Gasteiger partial charge in [-0.25, -0.2) is 4.79 Å². The normalized spacial score (nSPS) is 10.8. The molecule has 7 nitrogen and oxygen atoms in total. The Balaban J connectivity index is 2.58. The number of aromatic nitrogens is 2. The number of carboxylic acids is 1. The number of rotatable bonds is 3. The van der Waals surface area contributed by atoms with Crippen LogP contribution in [0.15, 0.2) is 12.1 Å². The zero-order chi connectivity index (χ0) is 13.8. The molecular formula is C11H15N3O4. The van der Waals surface area contributed by atoms with Gasteiger partial charge in [-0.2, -0.15) is 5.10 Å². The molecule has 0 radical (unpaired) electrons. The topological polar surface area (TPSA) is 101 Å². The van der Waals surface area contributed by atoms with E-state index < -0.39 is 17.7 Å². The van der Waals surface area contributed by atoms with Crippen molar-refractivity contribution in [3.8, 4) is 0 Å². The SMILES string of the molecule is CC(C)(C)OC(=O)Nc1ccc(CC(=O)O)nn1. The molecule has 0 saturated carbocycles. The van der Waals surface area contributed by atoms with E-state index in [1.807, 2.05) is 0 Å². The van der Waals surface area contributed by atoms with Crippen molar-refractivity contribution in [2.24, 2.45) is 0 Å². The van der Waals surface area contributed by atoms with Crippen molar-refractivity contribution in [2.45, 2.75) is 32.8 Å². The van der Waals surface area contributed by atoms with Crippen LogP contribution in [0.1, 0.15) is 26.5 Å². The van der Waals surface area contributed by atoms with Gasteiger partial charge in [0, 0.05) is 0 Å². The monoisotopic (exact) mass is 253 g/mol. The molecule has 0 atom stereocenters. The molecule has 0 aliphatic heterocycles. The Labute approximate surface area is 104 Å². The third-order valence-electron chi connectivity index (χ3n) is 1.68. The van der Waals surface area contributed by atoms with Crippen LogP contribution < -0.4 is 5.32 Å². The number of nitrogens with zero attached hydrogens (tertiary/aromatic N) is 2. The lowest BCUT2D eigenvalue weighted by atomic mass is 10.2. The molecule has 0 fully saturated rings. The van der Waals surface area contributed by atoms with Crippen LogP contribution in [-0.2, 0) is 16.0 Å². The second-order valence-corrected chi connectivity index (χ2v) is 4.61. The molecule has 18 heavy (non-hydrogen) atoms. The first-order valence-corrected chi connectivity index (χ1v) is 5.31. The van der Waals surface area contributed by atoms with Gasteiger partial charge in [0.15, 0.2) is 5.82 Å². The first-order chi connectivity index (χ1) is 8.26. The maximum absolute atomic E-state index is 11.4. The number of amides is 1. The van der Waals surface area contributed by atoms with Gasteiger partial charge in [0.25, 0.3) is 0 Å². The van der Waals surface area contributed by atoms with E-state index in [1.54, 1.807) is 20.8 Å². The van der Waals surface area contributed by atoms with Crippen molar-refractivity contribution in [1.82, 2.24) is 10.2 Å². The van der Waals surface area contributed by atoms with E-state index in [1.165, 1.54) is 12.1 Å². The van der Waals surface area contributed by atoms with Gasteiger partial charge in [0.1, 0.15) is 5.60 Å². The molecule has 0 aliphatic carbocycles. The van der Waals surface area contributed by atoms with Crippen LogP contribution >= 0.6 is 0 Å². The molecule has 1 amide bonds. The van der Waals surface area contributed by atoms with E-state index in [0.29, 0.717) is 5.69 Å². The largest absolute Gasteiger partial charge is 0.481 e. The summed E-state index contributed by atoms with van der Waals surface area (Å²) in [5.41, 5.74) is -0.280. The van der Waals surface area contributed by atoms with Gasteiger partial charge >= 0.3 is 12.1 Å². The third-order valence-corrected chi connectivity index (χ3v) is 1.68. The lowest BCUT2D eigenvalue weighted by Crippen LogP contribution is -2.27. The maximum atomic E-state index is 11.4. The summed E-state index contributed by atoms with van der Waals surface area (Å²) in [5.74, 6) is -0.782. The van der Waals surface area contributed by atoms with Crippen molar-refractivity contribution in [1.29, 1.82) is 0 Å². The summed E-state index contributed by atoms with van der Waals surface area (Å²) in [6.07, 6.45) is -0.845. The zero-order valence-corrected chi connectivity index (χ0v) is 10.4. The first-order valence-electron chi connectivity index (χ1n) is 5.31. The molecule has 0 aliphatic rings. The smallest absolute Gasteiger partial charge is 0.413 e. The van der Waals surface area contributed by atoms with Crippen molar-refractivity contribution in [2.75, 3.05) is 5.32 Å². The first kappa shape index (κ1) is 13.9. The zero-order valence-electron chi connectivity index (χ0n) is 10.4. The second-order valence-electron chi connectivity index (χ2n) is 4.61. The van der Waals surface area contributed by atoms with Gasteiger partial charge in [0.05, 0.1) is 12.1 Å². The number of carboxylic acid groups (broad SMARTS) is 1. The Bertz CT molecular complexity index is 437. The Kier molecular flexibility index (Phi) is 4.19. The molecule has 1 heterocycles. The number of carbonyl (C=O) groups is 2. The summed E-state index contributed by atoms with van der Waals surface area (Å²) in [5, 5.41) is 18.3. The number of aliphatic carboxylic acids is 1. The van der Waals surface area contributed by atoms with Gasteiger partial charge in [0.2, 0.25) is 0 Å². The Morgan fingerprint density at radius 3 is 2.44 bits per heavy atom. The molecule has 1 aromatic heterocycles. The van der Waals surface area contributed by atoms with Crippen LogP contribution in [0.3, 0.4) is 0 Å². The molecule has 2 N–H and O–H groups in total. The predicted molar refractivity (Wildman–Crippen MR) is 63.2 cm³/mol. The minimum atomic E-state index is -0.989. The van der Waals surface area contributed by atoms with E-state index in [9.17, 15) is 9.59 Å². The van der Waals surface area contributed by atoms with Gasteiger partial charge < -0.3 is 9.84 Å². The van der Waals surface area contributed by atoms with E-state index in [-0.39, 0.29) is 12.2 Å². The molecule has 0 bridgehead atoms. The molecule has 1 rings (SSSR count). The fraction of sp³-hybridized carbons (Fsp3) is 0.455. The number of hydrogen-bond acceptors (Lipinski definition) is 5. The van der Waals surface area contributed by atoms with Crippen molar-refractivity contribution >= 4 is 17.9 Å². The van der Waals surface area contributed by atoms with Crippen molar-refractivity contribution in [3.63, 3.8) is 0 Å². The van der Waals surface area contributed by atoms with Crippen LogP contribution in [0.4, 0.5) is 10.6 Å². The van der Waals surface area contributed by atoms with Crippen molar-refractivity contribution in [3.05, 3.63) is 17.8 Å². The summed E-state index contributed by atoms with van der Waals surface area (Å²) in [7, 11) is 0. The highest BCUT2D eigenvalue weighted by molar-refractivity contribution is 5.83. The van der Waals surface area contributed by atoms with Crippen LogP contribution in [0, 0.1) is 0 Å². The van der Waals surface area contributed by atoms with Gasteiger partial charge in [-0.05, 0) is 32.9 Å². The summed E-state index contributed by atoms with van der Waals surface area (Å²) < 4.78 is 5.02. The molecule has 0 unspecified atom stereocenters. The van der Waals surface area contributed by atoms with E-state index in [2.05, 4.69) is 15.5 Å². The Morgan fingerprint density at radius 2 is 2.00 bits per heavy atom. The summed E-state index contributed by atoms with van der Waals surface area (Å²) in [6.45, 7) is 5.23. The number of hydrogen-bond donors (Lipinski definition) is 2. The molecule has 0 saturated heterocycles. The Morgan fingerprint density at radius 1 is 1.33 bits per heavy atom. The van der Waals surface area contributed by atoms with Gasteiger partial charge in [-0.15, -0.1) is 5.10 Å². The summed E-state index contributed by atoms with van der Waals surface area (Å²) in [6, 6.07) is 2.95. The molecule has 0 spiro atoms. The number of anilines is 1. The molecular weight excluding hydrogens is 238 g/mol. The predicted octanol–water partition coefficient (Wildman–Crippen LogP) is 1.45. The molecule has 1 aromatic rings. The molecule has 98 valence electrons. The number of carbonyl (C=O) groups excluding carboxylic acids is 1. The van der Waals surface area contributed by atoms with Crippen LogP contribution in [0.5, 0.6) is 0 Å². The second kappa shape index (κ2) is 5.44. The highest BCUT2D eigenvalue weighted by Gasteiger charge is 2.16. The lowest BCUT2D eigenvalue weighted by Gasteiger charge is -2.19. The fourth-order valence-electron chi connectivity index (χ4n) is 1.08. The van der Waals surface area contributed by atoms with Crippen LogP contribution in [0.2, 0.25) is 0 Å². The van der Waals surface area contributed by atoms with Gasteiger partial charge in [-0.3, -0.25) is 10.1 Å². The van der Waals surface area contributed by atoms with E-state index in [0.717, 1.165) is 0 Å². The van der Waals surface area contributed by atoms with Crippen molar-refractivity contribution < 1.29 is 19.4 Å². The summed E-state index contributed by atoms with van der Waals surface area (Å²) >= 11 is 0. The standard InChI is InChI=1S/C11H15N3O4/c1-11(2,3)18-10(17)12-8-5-4-7(13-14-8)6-9(15)16/h4-5H,6H2,1-3H3,(H,15,16)(H,12,14,17). The van der Waals surface area contributed by atoms with Crippen LogP contribution in [-0.4, -0.2) is 33.0 Å². The Hall–Kier alpha value is -2.18. The maximum Gasteiger partial charge on any atom is 0.413 e. The van der Waals surface area contributed by atoms with Crippen LogP contribution in [0.25, 0.3) is 0 Å².